The van der Waals surface area contributed by atoms with Gasteiger partial charge in [-0.15, -0.1) is 0 Å². The van der Waals surface area contributed by atoms with E-state index >= 15 is 0 Å². The van der Waals surface area contributed by atoms with E-state index in [4.69, 9.17) is 0 Å². The molecule has 0 saturated carbocycles. The second-order valence-corrected chi connectivity index (χ2v) is 8.22. The minimum atomic E-state index is 0.144. The molecular formula is C17H26N2S. The molecule has 0 amide bonds. The van der Waals surface area contributed by atoms with Gasteiger partial charge in [0, 0.05) is 10.9 Å². The molecule has 2 rings (SSSR count). The van der Waals surface area contributed by atoms with E-state index in [0.717, 1.165) is 17.6 Å². The van der Waals surface area contributed by atoms with E-state index in [9.17, 15) is 0 Å². The smallest absolute Gasteiger partial charge is 0.161 e. The second kappa shape index (κ2) is 6.21. The third kappa shape index (κ3) is 4.02. The Bertz CT molecular complexity index is 486. The third-order valence-electron chi connectivity index (χ3n) is 3.43. The first-order valence-corrected chi connectivity index (χ1v) is 8.32. The Morgan fingerprint density at radius 1 is 1.30 bits per heavy atom. The highest BCUT2D eigenvalue weighted by molar-refractivity contribution is 8.15. The molecule has 1 atom stereocenters. The van der Waals surface area contributed by atoms with Gasteiger partial charge < -0.3 is 5.32 Å². The zero-order chi connectivity index (χ0) is 14.8. The van der Waals surface area contributed by atoms with Crippen molar-refractivity contribution in [1.82, 2.24) is 0 Å². The lowest BCUT2D eigenvalue weighted by molar-refractivity contribution is 0.575. The molecule has 1 aliphatic rings. The number of hydrogen-bond acceptors (Lipinski definition) is 3. The summed E-state index contributed by atoms with van der Waals surface area (Å²) in [6.45, 7) is 12.3. The second-order valence-electron chi connectivity index (χ2n) is 6.94. The van der Waals surface area contributed by atoms with Crippen LogP contribution in [0.2, 0.25) is 0 Å². The van der Waals surface area contributed by atoms with E-state index in [-0.39, 0.29) is 5.41 Å². The maximum Gasteiger partial charge on any atom is 0.161 e. The Morgan fingerprint density at radius 2 is 2.00 bits per heavy atom. The van der Waals surface area contributed by atoms with E-state index in [0.29, 0.717) is 5.25 Å². The van der Waals surface area contributed by atoms with Crippen molar-refractivity contribution in [2.75, 3.05) is 11.9 Å². The molecule has 1 heterocycles. The Morgan fingerprint density at radius 3 is 2.65 bits per heavy atom. The van der Waals surface area contributed by atoms with Crippen molar-refractivity contribution in [3.05, 3.63) is 29.8 Å². The molecule has 1 aromatic carbocycles. The van der Waals surface area contributed by atoms with Crippen LogP contribution in [0.1, 0.15) is 46.6 Å². The lowest BCUT2D eigenvalue weighted by Gasteiger charge is -2.23. The number of aliphatic imine (C=N–C) groups is 1. The van der Waals surface area contributed by atoms with Crippen LogP contribution in [-0.4, -0.2) is 17.0 Å². The van der Waals surface area contributed by atoms with Crippen LogP contribution in [0.25, 0.3) is 0 Å². The fourth-order valence-corrected chi connectivity index (χ4v) is 3.76. The minimum Gasteiger partial charge on any atom is -0.335 e. The SMILES string of the molecule is CC(C)CC1CN=C(Nc2ccccc2C(C)(C)C)S1. The van der Waals surface area contributed by atoms with Gasteiger partial charge in [-0.3, -0.25) is 4.99 Å². The lowest BCUT2D eigenvalue weighted by Crippen LogP contribution is -2.16. The summed E-state index contributed by atoms with van der Waals surface area (Å²) in [4.78, 5) is 4.66. The highest BCUT2D eigenvalue weighted by Crippen LogP contribution is 2.32. The molecule has 0 saturated heterocycles. The highest BCUT2D eigenvalue weighted by Gasteiger charge is 2.23. The van der Waals surface area contributed by atoms with Crippen LogP contribution in [-0.2, 0) is 5.41 Å². The molecule has 1 N–H and O–H groups in total. The molecule has 0 fully saturated rings. The van der Waals surface area contributed by atoms with Gasteiger partial charge >= 0.3 is 0 Å². The van der Waals surface area contributed by atoms with Crippen LogP contribution >= 0.6 is 11.8 Å². The molecule has 3 heteroatoms. The molecular weight excluding hydrogens is 264 g/mol. The van der Waals surface area contributed by atoms with Gasteiger partial charge in [-0.1, -0.05) is 64.6 Å². The first kappa shape index (κ1) is 15.4. The predicted octanol–water partition coefficient (Wildman–Crippen LogP) is 4.91. The first-order valence-electron chi connectivity index (χ1n) is 7.44. The molecule has 2 nitrogen and oxygen atoms in total. The van der Waals surface area contributed by atoms with Gasteiger partial charge in [0.2, 0.25) is 0 Å². The fourth-order valence-electron chi connectivity index (χ4n) is 2.50. The standard InChI is InChI=1S/C17H26N2S/c1-12(2)10-13-11-18-16(20-13)19-15-9-7-6-8-14(15)17(3,4)5/h6-9,12-13H,10-11H2,1-5H3,(H,18,19). The Balaban J connectivity index is 2.05. The van der Waals surface area contributed by atoms with Crippen molar-refractivity contribution < 1.29 is 0 Å². The summed E-state index contributed by atoms with van der Waals surface area (Å²) in [7, 11) is 0. The normalized spacial score (nSPS) is 19.3. The van der Waals surface area contributed by atoms with Gasteiger partial charge in [0.25, 0.3) is 0 Å². The van der Waals surface area contributed by atoms with Crippen LogP contribution in [0.15, 0.2) is 29.3 Å². The zero-order valence-corrected chi connectivity index (χ0v) is 14.1. The molecule has 1 aromatic rings. The van der Waals surface area contributed by atoms with E-state index < -0.39 is 0 Å². The Hall–Kier alpha value is -0.960. The van der Waals surface area contributed by atoms with Gasteiger partial charge in [-0.2, -0.15) is 0 Å². The average molecular weight is 290 g/mol. The van der Waals surface area contributed by atoms with E-state index in [1.54, 1.807) is 0 Å². The highest BCUT2D eigenvalue weighted by atomic mass is 32.2. The largest absolute Gasteiger partial charge is 0.335 e. The van der Waals surface area contributed by atoms with Crippen molar-refractivity contribution in [2.24, 2.45) is 10.9 Å². The lowest BCUT2D eigenvalue weighted by atomic mass is 9.86. The molecule has 0 radical (unpaired) electrons. The summed E-state index contributed by atoms with van der Waals surface area (Å²) in [6, 6.07) is 8.55. The van der Waals surface area contributed by atoms with Crippen LogP contribution in [0.4, 0.5) is 5.69 Å². The number of hydrogen-bond donors (Lipinski definition) is 1. The van der Waals surface area contributed by atoms with Crippen LogP contribution < -0.4 is 5.32 Å². The van der Waals surface area contributed by atoms with E-state index in [1.165, 1.54) is 17.7 Å². The van der Waals surface area contributed by atoms with Crippen molar-refractivity contribution in [2.45, 2.75) is 51.7 Å². The van der Waals surface area contributed by atoms with Crippen LogP contribution in [0.5, 0.6) is 0 Å². The summed E-state index contributed by atoms with van der Waals surface area (Å²) in [6.07, 6.45) is 1.24. The monoisotopic (exact) mass is 290 g/mol. The predicted molar refractivity (Wildman–Crippen MR) is 91.9 cm³/mol. The summed E-state index contributed by atoms with van der Waals surface area (Å²) in [5.41, 5.74) is 2.68. The maximum atomic E-state index is 4.66. The molecule has 0 spiro atoms. The minimum absolute atomic E-state index is 0.144. The number of amidine groups is 1. The Kier molecular flexibility index (Phi) is 4.79. The molecule has 0 bridgehead atoms. The number of thioether (sulfide) groups is 1. The number of nitrogens with one attached hydrogen (secondary N) is 1. The molecule has 0 aliphatic carbocycles. The van der Waals surface area contributed by atoms with Crippen molar-refractivity contribution in [1.29, 1.82) is 0 Å². The summed E-state index contributed by atoms with van der Waals surface area (Å²) >= 11 is 1.89. The average Bonchev–Trinajstić information content (AvgIpc) is 2.75. The van der Waals surface area contributed by atoms with Crippen LogP contribution in [0, 0.1) is 5.92 Å². The van der Waals surface area contributed by atoms with Gasteiger partial charge in [0.1, 0.15) is 0 Å². The number of anilines is 1. The van der Waals surface area contributed by atoms with Gasteiger partial charge in [0.15, 0.2) is 5.17 Å². The summed E-state index contributed by atoms with van der Waals surface area (Å²) in [5, 5.41) is 5.25. The zero-order valence-electron chi connectivity index (χ0n) is 13.2. The number of benzene rings is 1. The number of para-hydroxylation sites is 1. The first-order chi connectivity index (χ1) is 9.36. The summed E-state index contributed by atoms with van der Waals surface area (Å²) in [5.74, 6) is 0.740. The molecule has 1 aliphatic heterocycles. The topological polar surface area (TPSA) is 24.4 Å². The van der Waals surface area contributed by atoms with Gasteiger partial charge in [-0.25, -0.2) is 0 Å². The van der Waals surface area contributed by atoms with Gasteiger partial charge in [-0.05, 0) is 29.4 Å². The molecule has 0 aromatic heterocycles. The third-order valence-corrected chi connectivity index (χ3v) is 4.56. The molecule has 20 heavy (non-hydrogen) atoms. The van der Waals surface area contributed by atoms with Crippen LogP contribution in [0.3, 0.4) is 0 Å². The quantitative estimate of drug-likeness (QED) is 0.855. The number of nitrogens with zero attached hydrogens (tertiary/aromatic N) is 1. The fraction of sp³-hybridized carbons (Fsp3) is 0.588. The van der Waals surface area contributed by atoms with Gasteiger partial charge in [0.05, 0.1) is 6.54 Å². The van der Waals surface area contributed by atoms with Crippen molar-refractivity contribution in [3.63, 3.8) is 0 Å². The molecule has 110 valence electrons. The van der Waals surface area contributed by atoms with E-state index in [1.807, 2.05) is 11.8 Å². The van der Waals surface area contributed by atoms with E-state index in [2.05, 4.69) is 69.2 Å². The molecule has 1 unspecified atom stereocenters. The maximum absolute atomic E-state index is 4.66. The van der Waals surface area contributed by atoms with Crippen molar-refractivity contribution in [3.8, 4) is 0 Å². The van der Waals surface area contributed by atoms with Crippen molar-refractivity contribution >= 4 is 22.6 Å². The Labute approximate surface area is 127 Å². The number of rotatable bonds is 3. The summed E-state index contributed by atoms with van der Waals surface area (Å²) < 4.78 is 0.